The van der Waals surface area contributed by atoms with Crippen molar-refractivity contribution in [2.45, 2.75) is 71.1 Å². The summed E-state index contributed by atoms with van der Waals surface area (Å²) in [7, 11) is 0. The Morgan fingerprint density at radius 1 is 1.17 bits per heavy atom. The number of carbonyl (C=O) groups excluding carboxylic acids is 5. The lowest BCUT2D eigenvalue weighted by Crippen LogP contribution is -2.44. The van der Waals surface area contributed by atoms with E-state index in [1.165, 1.54) is 35.3 Å². The molecule has 17 heteroatoms. The summed E-state index contributed by atoms with van der Waals surface area (Å²) in [5, 5.41) is 15.4. The van der Waals surface area contributed by atoms with Crippen molar-refractivity contribution in [2.75, 3.05) is 25.0 Å². The third-order valence-electron chi connectivity index (χ3n) is 8.27. The van der Waals surface area contributed by atoms with Gasteiger partial charge in [0.2, 0.25) is 11.8 Å². The molecule has 2 bridgehead atoms. The number of hydrogen-bond acceptors (Lipinski definition) is 11. The summed E-state index contributed by atoms with van der Waals surface area (Å²) in [6, 6.07) is 3.42. The van der Waals surface area contributed by atoms with Crippen molar-refractivity contribution in [1.29, 1.82) is 0 Å². The van der Waals surface area contributed by atoms with E-state index in [4.69, 9.17) is 13.9 Å². The molecule has 3 heterocycles. The molecule has 1 saturated heterocycles. The van der Waals surface area contributed by atoms with Gasteiger partial charge in [0, 0.05) is 37.0 Å². The number of esters is 1. The van der Waals surface area contributed by atoms with Gasteiger partial charge in [-0.3, -0.25) is 19.7 Å². The number of allylic oxidation sites excluding steroid dienone is 2. The van der Waals surface area contributed by atoms with Gasteiger partial charge in [-0.25, -0.2) is 14.6 Å². The van der Waals surface area contributed by atoms with E-state index in [-0.39, 0.29) is 62.0 Å². The minimum Gasteiger partial charge on any atom is -0.460 e. The number of rotatable bonds is 5. The Balaban J connectivity index is 1.50. The molecule has 0 aliphatic carbocycles. The first kappa shape index (κ1) is 40.3. The van der Waals surface area contributed by atoms with E-state index in [0.29, 0.717) is 12.0 Å². The lowest BCUT2D eigenvalue weighted by atomic mass is 9.93. The van der Waals surface area contributed by atoms with Crippen LogP contribution in [0.3, 0.4) is 0 Å². The van der Waals surface area contributed by atoms with Crippen molar-refractivity contribution in [2.24, 2.45) is 11.8 Å². The fourth-order valence-electron chi connectivity index (χ4n) is 5.75. The molecule has 0 radical (unpaired) electrons. The summed E-state index contributed by atoms with van der Waals surface area (Å²) in [5.41, 5.74) is 0.668. The second-order valence-electron chi connectivity index (χ2n) is 12.7. The average molecular weight is 747 g/mol. The topological polar surface area (TPSA) is 187 Å². The maximum absolute atomic E-state index is 13.7. The molecular formula is C36H41F3N4O10. The van der Waals surface area contributed by atoms with E-state index in [1.807, 2.05) is 0 Å². The Morgan fingerprint density at radius 2 is 1.91 bits per heavy atom. The highest BCUT2D eigenvalue weighted by molar-refractivity contribution is 5.95. The van der Waals surface area contributed by atoms with E-state index >= 15 is 0 Å². The summed E-state index contributed by atoms with van der Waals surface area (Å²) in [4.78, 5) is 70.3. The third kappa shape index (κ3) is 12.6. The zero-order valence-electron chi connectivity index (χ0n) is 29.3. The maximum Gasteiger partial charge on any atom is 0.573 e. The summed E-state index contributed by atoms with van der Waals surface area (Å²) in [6.45, 7) is 5.15. The number of aromatic nitrogens is 1. The number of fused-ring (bicyclic) bond motifs is 3. The van der Waals surface area contributed by atoms with Gasteiger partial charge in [-0.1, -0.05) is 43.7 Å². The number of aliphatic hydroxyl groups is 1. The molecule has 2 aliphatic heterocycles. The quantitative estimate of drug-likeness (QED) is 0.362. The Kier molecular flexibility index (Phi) is 14.0. The van der Waals surface area contributed by atoms with E-state index in [9.17, 15) is 42.3 Å². The van der Waals surface area contributed by atoms with Gasteiger partial charge < -0.3 is 34.0 Å². The molecule has 3 N–H and O–H groups in total. The minimum atomic E-state index is -4.87. The number of oxazole rings is 1. The number of nitrogens with zero attached hydrogens (tertiary/aromatic N) is 2. The molecule has 286 valence electrons. The molecule has 0 unspecified atom stereocenters. The van der Waals surface area contributed by atoms with Gasteiger partial charge in [0.05, 0.1) is 19.1 Å². The number of Topliss-reactive ketones (excluding diaryl/α,β-unsaturated/α-hetero) is 1. The van der Waals surface area contributed by atoms with Crippen LogP contribution in [0.4, 0.5) is 23.7 Å². The molecule has 2 aliphatic rings. The number of halogens is 3. The van der Waals surface area contributed by atoms with Crippen LogP contribution < -0.4 is 15.4 Å². The first-order valence-corrected chi connectivity index (χ1v) is 16.8. The zero-order chi connectivity index (χ0) is 38.7. The first-order valence-electron chi connectivity index (χ1n) is 16.8. The monoisotopic (exact) mass is 746 g/mol. The van der Waals surface area contributed by atoms with Crippen molar-refractivity contribution < 1.29 is 60.9 Å². The molecule has 53 heavy (non-hydrogen) atoms. The van der Waals surface area contributed by atoms with Crippen LogP contribution in [0.1, 0.15) is 56.4 Å². The van der Waals surface area contributed by atoms with Crippen LogP contribution in [-0.4, -0.2) is 89.0 Å². The van der Waals surface area contributed by atoms with Gasteiger partial charge in [0.25, 0.3) is 5.91 Å². The fraction of sp³-hybridized carbons (Fsp3) is 0.444. The Hall–Kier alpha value is -5.45. The molecule has 4 rings (SSSR count). The van der Waals surface area contributed by atoms with Crippen LogP contribution in [0, 0.1) is 11.8 Å². The molecule has 1 aromatic heterocycles. The molecule has 0 spiro atoms. The summed E-state index contributed by atoms with van der Waals surface area (Å²) in [5.74, 6) is -3.93. The average Bonchev–Trinajstić information content (AvgIpc) is 3.77. The molecule has 1 fully saturated rings. The predicted octanol–water partition coefficient (Wildman–Crippen LogP) is 4.66. The van der Waals surface area contributed by atoms with Gasteiger partial charge in [0.1, 0.15) is 29.9 Å². The number of benzene rings is 1. The van der Waals surface area contributed by atoms with Crippen LogP contribution in [0.2, 0.25) is 0 Å². The highest BCUT2D eigenvalue weighted by Crippen LogP contribution is 2.27. The SMILES string of the molecule is CC1=C/[C@@H](O)CC(=O)Cc2nc(co2)C(=O)N2CCC[C@@H]2C(=O)O[C@H]([C@@H](C)COC(=O)Nc2ccc(OC(F)(F)F)cc2)[C@H](C)/C=C\C(=O)NC/C=C\1. The van der Waals surface area contributed by atoms with E-state index < -0.39 is 66.1 Å². The van der Waals surface area contributed by atoms with Crippen LogP contribution in [0.15, 0.2) is 70.9 Å². The van der Waals surface area contributed by atoms with Crippen molar-refractivity contribution in [3.8, 4) is 5.75 Å². The van der Waals surface area contributed by atoms with Crippen molar-refractivity contribution >= 4 is 35.3 Å². The van der Waals surface area contributed by atoms with Gasteiger partial charge >= 0.3 is 18.4 Å². The standard InChI is InChI=1S/C36H41F3N4O10/c1-21-6-4-14-40-30(46)13-8-22(2)32(23(3)19-51-35(49)41-24-9-11-27(12-10-24)53-36(37,38)39)52-34(48)29-7-5-15-43(29)33(47)28-20-50-31(42-28)18-26(45)17-25(44)16-21/h4,6,8-13,16,20,22-23,25,29,32,44H,5,7,14-15,17-19H2,1-3H3,(H,40,46)(H,41,49)/b6-4-,13-8-,21-16-/t22-,23+,25-,29-,32+/m1/s1. The second kappa shape index (κ2) is 18.3. The summed E-state index contributed by atoms with van der Waals surface area (Å²) >= 11 is 0. The molecule has 14 nitrogen and oxygen atoms in total. The second-order valence-corrected chi connectivity index (χ2v) is 12.7. The smallest absolute Gasteiger partial charge is 0.460 e. The molecule has 1 aromatic carbocycles. The fourth-order valence-corrected chi connectivity index (χ4v) is 5.75. The predicted molar refractivity (Wildman–Crippen MR) is 181 cm³/mol. The van der Waals surface area contributed by atoms with Crippen LogP contribution >= 0.6 is 0 Å². The van der Waals surface area contributed by atoms with Gasteiger partial charge in [-0.05, 0) is 50.1 Å². The maximum atomic E-state index is 13.7. The summed E-state index contributed by atoms with van der Waals surface area (Å²) < 4.78 is 57.9. The number of nitrogens with one attached hydrogen (secondary N) is 2. The Bertz CT molecular complexity index is 1720. The van der Waals surface area contributed by atoms with Crippen LogP contribution in [0.5, 0.6) is 5.75 Å². The van der Waals surface area contributed by atoms with Gasteiger partial charge in [0.15, 0.2) is 5.69 Å². The first-order chi connectivity index (χ1) is 25.1. The molecular weight excluding hydrogens is 705 g/mol. The molecule has 0 saturated carbocycles. The number of amides is 3. The number of ether oxygens (including phenoxy) is 3. The third-order valence-corrected chi connectivity index (χ3v) is 8.27. The number of hydrogen-bond donors (Lipinski definition) is 3. The number of carbonyl (C=O) groups is 5. The van der Waals surface area contributed by atoms with Crippen LogP contribution in [0.25, 0.3) is 0 Å². The van der Waals surface area contributed by atoms with Gasteiger partial charge in [-0.2, -0.15) is 0 Å². The lowest BCUT2D eigenvalue weighted by Gasteiger charge is -2.30. The summed E-state index contributed by atoms with van der Waals surface area (Å²) in [6.07, 6.45) is 1.15. The molecule has 2 aromatic rings. The highest BCUT2D eigenvalue weighted by Gasteiger charge is 2.39. The van der Waals surface area contributed by atoms with Crippen molar-refractivity contribution in [3.05, 3.63) is 78.1 Å². The zero-order valence-corrected chi connectivity index (χ0v) is 29.3. The largest absolute Gasteiger partial charge is 0.573 e. The van der Waals surface area contributed by atoms with E-state index in [0.717, 1.165) is 18.4 Å². The Labute approximate surface area is 303 Å². The number of anilines is 1. The van der Waals surface area contributed by atoms with Crippen molar-refractivity contribution in [1.82, 2.24) is 15.2 Å². The number of ketones is 1. The van der Waals surface area contributed by atoms with Crippen LogP contribution in [-0.2, 0) is 30.3 Å². The molecule has 5 atom stereocenters. The number of aliphatic hydroxyl groups excluding tert-OH is 1. The Morgan fingerprint density at radius 3 is 2.62 bits per heavy atom. The lowest BCUT2D eigenvalue weighted by molar-refractivity contribution is -0.274. The van der Waals surface area contributed by atoms with Crippen molar-refractivity contribution in [3.63, 3.8) is 0 Å². The number of cyclic esters (lactones) is 1. The number of alkyl halides is 3. The van der Waals surface area contributed by atoms with E-state index in [1.54, 1.807) is 32.9 Å². The molecule has 3 amide bonds. The highest BCUT2D eigenvalue weighted by atomic mass is 19.4. The normalized spacial score (nSPS) is 25.2. The van der Waals surface area contributed by atoms with Gasteiger partial charge in [-0.15, -0.1) is 13.2 Å². The minimum absolute atomic E-state index is 0.0235. The van der Waals surface area contributed by atoms with E-state index in [2.05, 4.69) is 20.4 Å².